The van der Waals surface area contributed by atoms with Gasteiger partial charge in [-0.2, -0.15) is 0 Å². The molecule has 5 rings (SSSR count). The Morgan fingerprint density at radius 1 is 1.11 bits per heavy atom. The van der Waals surface area contributed by atoms with Crippen LogP contribution in [0.1, 0.15) is 5.82 Å². The average Bonchev–Trinajstić information content (AvgIpc) is 3.46. The number of hydrogen-bond donors (Lipinski definition) is 1. The van der Waals surface area contributed by atoms with E-state index in [2.05, 4.69) is 20.2 Å². The van der Waals surface area contributed by atoms with Gasteiger partial charge < -0.3 is 13.8 Å². The molecule has 0 saturated heterocycles. The smallest absolute Gasteiger partial charge is 0.284 e. The molecule has 0 amide bonds. The van der Waals surface area contributed by atoms with E-state index >= 15 is 0 Å². The number of thioether (sulfide) groups is 1. The highest BCUT2D eigenvalue weighted by Gasteiger charge is 2.15. The molecule has 5 aromatic rings. The van der Waals surface area contributed by atoms with Crippen molar-refractivity contribution in [3.8, 4) is 22.8 Å². The van der Waals surface area contributed by atoms with E-state index in [-0.39, 0.29) is 5.56 Å². The minimum absolute atomic E-state index is 0.150. The molecule has 1 N–H and O–H groups in total. The van der Waals surface area contributed by atoms with E-state index < -0.39 is 0 Å². The highest BCUT2D eigenvalue weighted by molar-refractivity contribution is 7.98. The highest BCUT2D eigenvalue weighted by Crippen LogP contribution is 2.31. The lowest BCUT2D eigenvalue weighted by Crippen LogP contribution is -2.10. The SMILES string of the molecule is O=c1[nH]c(CSc2nnc(-c3ccco3)o2)nc2scc(-c3ccccc3)c12. The Morgan fingerprint density at radius 2 is 2.00 bits per heavy atom. The van der Waals surface area contributed by atoms with Gasteiger partial charge in [-0.3, -0.25) is 4.79 Å². The zero-order valence-corrected chi connectivity index (χ0v) is 15.9. The van der Waals surface area contributed by atoms with Gasteiger partial charge in [-0.15, -0.1) is 21.5 Å². The van der Waals surface area contributed by atoms with Gasteiger partial charge in [0.05, 0.1) is 17.4 Å². The van der Waals surface area contributed by atoms with E-state index in [4.69, 9.17) is 8.83 Å². The van der Waals surface area contributed by atoms with Gasteiger partial charge in [0.25, 0.3) is 16.7 Å². The molecular weight excluding hydrogens is 396 g/mol. The van der Waals surface area contributed by atoms with Gasteiger partial charge in [-0.25, -0.2) is 4.98 Å². The molecule has 0 aliphatic heterocycles. The van der Waals surface area contributed by atoms with Crippen molar-refractivity contribution in [2.24, 2.45) is 0 Å². The van der Waals surface area contributed by atoms with Crippen molar-refractivity contribution in [2.75, 3.05) is 0 Å². The minimum Gasteiger partial charge on any atom is -0.459 e. The van der Waals surface area contributed by atoms with Crippen LogP contribution < -0.4 is 5.56 Å². The van der Waals surface area contributed by atoms with Crippen LogP contribution >= 0.6 is 23.1 Å². The van der Waals surface area contributed by atoms with Gasteiger partial charge in [0.15, 0.2) is 5.76 Å². The van der Waals surface area contributed by atoms with Crippen LogP contribution in [-0.2, 0) is 5.75 Å². The molecule has 0 fully saturated rings. The van der Waals surface area contributed by atoms with Gasteiger partial charge in [-0.05, 0) is 17.7 Å². The van der Waals surface area contributed by atoms with E-state index in [1.807, 2.05) is 35.7 Å². The Kier molecular flexibility index (Phi) is 4.30. The number of aromatic nitrogens is 4. The second kappa shape index (κ2) is 7.10. The van der Waals surface area contributed by atoms with E-state index in [1.165, 1.54) is 23.1 Å². The van der Waals surface area contributed by atoms with Crippen molar-refractivity contribution in [1.29, 1.82) is 0 Å². The molecule has 0 atom stereocenters. The third-order valence-corrected chi connectivity index (χ3v) is 5.75. The molecule has 7 nitrogen and oxygen atoms in total. The maximum Gasteiger partial charge on any atom is 0.284 e. The van der Waals surface area contributed by atoms with Gasteiger partial charge >= 0.3 is 0 Å². The van der Waals surface area contributed by atoms with Crippen LogP contribution in [0, 0.1) is 0 Å². The molecule has 4 aromatic heterocycles. The zero-order valence-electron chi connectivity index (χ0n) is 14.3. The summed E-state index contributed by atoms with van der Waals surface area (Å²) in [5, 5.41) is 10.9. The standard InChI is InChI=1S/C19H12N4O3S2/c24-16-15-12(11-5-2-1-3-6-11)9-27-18(15)21-14(20-16)10-28-19-23-22-17(26-19)13-7-4-8-25-13/h1-9H,10H2,(H,20,21,24). The summed E-state index contributed by atoms with van der Waals surface area (Å²) in [7, 11) is 0. The van der Waals surface area contributed by atoms with Gasteiger partial charge in [0.1, 0.15) is 10.7 Å². The van der Waals surface area contributed by atoms with Crippen molar-refractivity contribution in [3.05, 3.63) is 70.3 Å². The lowest BCUT2D eigenvalue weighted by atomic mass is 10.1. The molecule has 4 heterocycles. The first-order chi connectivity index (χ1) is 13.8. The van der Waals surface area contributed by atoms with Gasteiger partial charge in [0.2, 0.25) is 0 Å². The Labute approximate surface area is 166 Å². The molecule has 0 bridgehead atoms. The fraction of sp³-hybridized carbons (Fsp3) is 0.0526. The fourth-order valence-electron chi connectivity index (χ4n) is 2.79. The van der Waals surface area contributed by atoms with Crippen molar-refractivity contribution >= 4 is 33.3 Å². The third-order valence-electron chi connectivity index (χ3n) is 4.05. The number of H-pyrrole nitrogens is 1. The Morgan fingerprint density at radius 3 is 2.82 bits per heavy atom. The topological polar surface area (TPSA) is 97.8 Å². The predicted octanol–water partition coefficient (Wildman–Crippen LogP) is 4.59. The van der Waals surface area contributed by atoms with Crippen LogP contribution in [0.3, 0.4) is 0 Å². The molecule has 0 unspecified atom stereocenters. The monoisotopic (exact) mass is 408 g/mol. The minimum atomic E-state index is -0.150. The van der Waals surface area contributed by atoms with Crippen molar-refractivity contribution in [3.63, 3.8) is 0 Å². The van der Waals surface area contributed by atoms with Crippen LogP contribution in [0.4, 0.5) is 0 Å². The first-order valence-corrected chi connectivity index (χ1v) is 10.2. The molecule has 0 aliphatic carbocycles. The largest absolute Gasteiger partial charge is 0.459 e. The number of nitrogens with one attached hydrogen (secondary N) is 1. The molecule has 138 valence electrons. The molecule has 0 aliphatic rings. The number of hydrogen-bond acceptors (Lipinski definition) is 8. The number of rotatable bonds is 5. The molecule has 28 heavy (non-hydrogen) atoms. The molecule has 1 aromatic carbocycles. The summed E-state index contributed by atoms with van der Waals surface area (Å²) in [5.41, 5.74) is 1.75. The fourth-order valence-corrected chi connectivity index (χ4v) is 4.39. The second-order valence-corrected chi connectivity index (χ2v) is 7.63. The van der Waals surface area contributed by atoms with E-state index in [0.29, 0.717) is 38.7 Å². The van der Waals surface area contributed by atoms with Gasteiger partial charge in [0, 0.05) is 10.9 Å². The summed E-state index contributed by atoms with van der Waals surface area (Å²) < 4.78 is 10.8. The zero-order chi connectivity index (χ0) is 18.9. The molecule has 0 radical (unpaired) electrons. The number of fused-ring (bicyclic) bond motifs is 1. The van der Waals surface area contributed by atoms with E-state index in [1.54, 1.807) is 18.4 Å². The maximum atomic E-state index is 12.7. The maximum absolute atomic E-state index is 12.7. The normalized spacial score (nSPS) is 11.3. The number of aromatic amines is 1. The predicted molar refractivity (Wildman–Crippen MR) is 107 cm³/mol. The van der Waals surface area contributed by atoms with Crippen molar-refractivity contribution < 1.29 is 8.83 Å². The first kappa shape index (κ1) is 17.0. The summed E-state index contributed by atoms with van der Waals surface area (Å²) in [6.07, 6.45) is 1.54. The summed E-state index contributed by atoms with van der Waals surface area (Å²) in [6, 6.07) is 13.3. The molecule has 0 saturated carbocycles. The summed E-state index contributed by atoms with van der Waals surface area (Å²) in [5.74, 6) is 1.79. The molecule has 0 spiro atoms. The lowest BCUT2D eigenvalue weighted by molar-refractivity contribution is 0.447. The number of nitrogens with zero attached hydrogens (tertiary/aromatic N) is 3. The highest BCUT2D eigenvalue weighted by atomic mass is 32.2. The quantitative estimate of drug-likeness (QED) is 0.425. The Hall–Kier alpha value is -3.17. The van der Waals surface area contributed by atoms with E-state index in [0.717, 1.165) is 11.1 Å². The molecular formula is C19H12N4O3S2. The van der Waals surface area contributed by atoms with Gasteiger partial charge in [-0.1, -0.05) is 42.1 Å². The van der Waals surface area contributed by atoms with Crippen molar-refractivity contribution in [2.45, 2.75) is 11.0 Å². The van der Waals surface area contributed by atoms with Crippen LogP contribution in [0.2, 0.25) is 0 Å². The first-order valence-electron chi connectivity index (χ1n) is 8.34. The van der Waals surface area contributed by atoms with Crippen LogP contribution in [0.15, 0.2) is 73.0 Å². The Bertz CT molecular complexity index is 1290. The summed E-state index contributed by atoms with van der Waals surface area (Å²) >= 11 is 2.76. The molecule has 9 heteroatoms. The number of thiophene rings is 1. The average molecular weight is 408 g/mol. The van der Waals surface area contributed by atoms with Crippen LogP contribution in [0.25, 0.3) is 33.0 Å². The lowest BCUT2D eigenvalue weighted by Gasteiger charge is -2.01. The number of furan rings is 1. The van der Waals surface area contributed by atoms with Crippen LogP contribution in [0.5, 0.6) is 0 Å². The summed E-state index contributed by atoms with van der Waals surface area (Å²) in [6.45, 7) is 0. The van der Waals surface area contributed by atoms with Crippen LogP contribution in [-0.4, -0.2) is 20.2 Å². The third kappa shape index (κ3) is 3.14. The number of benzene rings is 1. The summed E-state index contributed by atoms with van der Waals surface area (Å²) in [4.78, 5) is 20.8. The Balaban J connectivity index is 1.39. The van der Waals surface area contributed by atoms with Crippen molar-refractivity contribution in [1.82, 2.24) is 20.2 Å². The van der Waals surface area contributed by atoms with E-state index in [9.17, 15) is 4.79 Å². The second-order valence-electron chi connectivity index (χ2n) is 5.85.